The van der Waals surface area contributed by atoms with Gasteiger partial charge in [-0.15, -0.1) is 0 Å². The average molecular weight is 277 g/mol. The van der Waals surface area contributed by atoms with Crippen LogP contribution in [-0.4, -0.2) is 11.2 Å². The minimum absolute atomic E-state index is 0.155. The number of aliphatic hydroxyl groups is 1. The van der Waals surface area contributed by atoms with E-state index in [4.69, 9.17) is 0 Å². The van der Waals surface area contributed by atoms with Gasteiger partial charge in [0.05, 0.1) is 12.2 Å². The van der Waals surface area contributed by atoms with E-state index in [2.05, 4.69) is 6.07 Å². The molecule has 106 valence electrons. The van der Waals surface area contributed by atoms with Gasteiger partial charge >= 0.3 is 0 Å². The van der Waals surface area contributed by atoms with Gasteiger partial charge in [-0.2, -0.15) is 5.26 Å². The lowest BCUT2D eigenvalue weighted by atomic mass is 9.66. The third-order valence-corrected chi connectivity index (χ3v) is 4.65. The molecule has 2 unspecified atom stereocenters. The predicted molar refractivity (Wildman–Crippen MR) is 82.6 cm³/mol. The number of hydrogen-bond donors (Lipinski definition) is 1. The summed E-state index contributed by atoms with van der Waals surface area (Å²) in [7, 11) is 0. The van der Waals surface area contributed by atoms with Gasteiger partial charge in [-0.25, -0.2) is 0 Å². The van der Waals surface area contributed by atoms with Crippen LogP contribution in [-0.2, 0) is 5.41 Å². The van der Waals surface area contributed by atoms with Crippen molar-refractivity contribution in [1.82, 2.24) is 0 Å². The van der Waals surface area contributed by atoms with Gasteiger partial charge in [-0.3, -0.25) is 0 Å². The predicted octanol–water partition coefficient (Wildman–Crippen LogP) is 3.66. The molecular formula is C19H19NO. The lowest BCUT2D eigenvalue weighted by molar-refractivity contribution is 0.173. The molecule has 21 heavy (non-hydrogen) atoms. The fourth-order valence-corrected chi connectivity index (χ4v) is 3.61. The SMILES string of the molecule is N#CC(c1ccccc1)(c1ccccc1)C1CCC(O)C1. The van der Waals surface area contributed by atoms with Crippen molar-refractivity contribution in [1.29, 1.82) is 5.26 Å². The average Bonchev–Trinajstić information content (AvgIpc) is 2.98. The molecular weight excluding hydrogens is 258 g/mol. The Bertz CT molecular complexity index is 590. The Labute approximate surface area is 125 Å². The number of rotatable bonds is 3. The summed E-state index contributed by atoms with van der Waals surface area (Å²) in [4.78, 5) is 0. The largest absolute Gasteiger partial charge is 0.393 e. The molecule has 0 amide bonds. The maximum absolute atomic E-state index is 10.1. The van der Waals surface area contributed by atoms with Gasteiger partial charge in [-0.05, 0) is 36.3 Å². The van der Waals surface area contributed by atoms with Gasteiger partial charge in [-0.1, -0.05) is 60.7 Å². The lowest BCUT2D eigenvalue weighted by Crippen LogP contribution is -2.34. The molecule has 0 radical (unpaired) electrons. The molecule has 1 N–H and O–H groups in total. The molecule has 0 spiro atoms. The van der Waals surface area contributed by atoms with Crippen LogP contribution in [0.1, 0.15) is 30.4 Å². The van der Waals surface area contributed by atoms with E-state index in [-0.39, 0.29) is 12.0 Å². The Hall–Kier alpha value is -2.11. The molecule has 2 heteroatoms. The first-order valence-corrected chi connectivity index (χ1v) is 7.47. The van der Waals surface area contributed by atoms with Crippen molar-refractivity contribution < 1.29 is 5.11 Å². The maximum atomic E-state index is 10.1. The topological polar surface area (TPSA) is 44.0 Å². The van der Waals surface area contributed by atoms with Crippen molar-refractivity contribution >= 4 is 0 Å². The first-order valence-electron chi connectivity index (χ1n) is 7.47. The van der Waals surface area contributed by atoms with E-state index in [0.717, 1.165) is 24.0 Å². The van der Waals surface area contributed by atoms with Gasteiger partial charge in [0.15, 0.2) is 0 Å². The van der Waals surface area contributed by atoms with Crippen molar-refractivity contribution in [3.05, 3.63) is 71.8 Å². The standard InChI is InChI=1S/C19H19NO/c20-14-19(15-7-3-1-4-8-15,16-9-5-2-6-10-16)17-11-12-18(21)13-17/h1-10,17-18,21H,11-13H2. The zero-order valence-electron chi connectivity index (χ0n) is 11.9. The number of nitrogens with zero attached hydrogens (tertiary/aromatic N) is 1. The Morgan fingerprint density at radius 1 is 0.905 bits per heavy atom. The van der Waals surface area contributed by atoms with Crippen molar-refractivity contribution in [2.45, 2.75) is 30.8 Å². The van der Waals surface area contributed by atoms with E-state index in [0.29, 0.717) is 6.42 Å². The maximum Gasteiger partial charge on any atom is 0.110 e. The Balaban J connectivity index is 2.17. The lowest BCUT2D eigenvalue weighted by Gasteiger charge is -2.34. The summed E-state index contributed by atoms with van der Waals surface area (Å²) in [5, 5.41) is 20.0. The van der Waals surface area contributed by atoms with Crippen LogP contribution < -0.4 is 0 Å². The fourth-order valence-electron chi connectivity index (χ4n) is 3.61. The zero-order chi connectivity index (χ0) is 14.7. The number of hydrogen-bond acceptors (Lipinski definition) is 2. The molecule has 2 aromatic rings. The molecule has 1 saturated carbocycles. The first-order chi connectivity index (χ1) is 10.3. The van der Waals surface area contributed by atoms with Gasteiger partial charge in [0.2, 0.25) is 0 Å². The minimum atomic E-state index is -0.667. The van der Waals surface area contributed by atoms with E-state index in [1.165, 1.54) is 0 Å². The van der Waals surface area contributed by atoms with E-state index in [1.807, 2.05) is 60.7 Å². The number of nitriles is 1. The summed E-state index contributed by atoms with van der Waals surface area (Å²) >= 11 is 0. The molecule has 2 aromatic carbocycles. The monoisotopic (exact) mass is 277 g/mol. The second-order valence-electron chi connectivity index (χ2n) is 5.82. The molecule has 0 aromatic heterocycles. The molecule has 0 saturated heterocycles. The number of aliphatic hydroxyl groups excluding tert-OH is 1. The summed E-state index contributed by atoms with van der Waals surface area (Å²) in [5.74, 6) is 0.155. The summed E-state index contributed by atoms with van der Waals surface area (Å²) < 4.78 is 0. The summed E-state index contributed by atoms with van der Waals surface area (Å²) in [6.07, 6.45) is 2.08. The highest BCUT2D eigenvalue weighted by atomic mass is 16.3. The smallest absolute Gasteiger partial charge is 0.110 e. The third-order valence-electron chi connectivity index (χ3n) is 4.65. The molecule has 1 aliphatic carbocycles. The molecule has 1 aliphatic rings. The second-order valence-corrected chi connectivity index (χ2v) is 5.82. The van der Waals surface area contributed by atoms with Gasteiger partial charge in [0, 0.05) is 0 Å². The summed E-state index contributed by atoms with van der Waals surface area (Å²) in [5.41, 5.74) is 1.38. The minimum Gasteiger partial charge on any atom is -0.393 e. The fraction of sp³-hybridized carbons (Fsp3) is 0.316. The van der Waals surface area contributed by atoms with Gasteiger partial charge in [0.1, 0.15) is 5.41 Å². The van der Waals surface area contributed by atoms with Crippen LogP contribution in [0.25, 0.3) is 0 Å². The normalized spacial score (nSPS) is 21.9. The van der Waals surface area contributed by atoms with Crippen LogP contribution in [0.5, 0.6) is 0 Å². The van der Waals surface area contributed by atoms with E-state index in [9.17, 15) is 10.4 Å². The zero-order valence-corrected chi connectivity index (χ0v) is 11.9. The van der Waals surface area contributed by atoms with Crippen molar-refractivity contribution in [2.24, 2.45) is 5.92 Å². The van der Waals surface area contributed by atoms with Gasteiger partial charge < -0.3 is 5.11 Å². The van der Waals surface area contributed by atoms with Crippen LogP contribution in [0.2, 0.25) is 0 Å². The van der Waals surface area contributed by atoms with E-state index < -0.39 is 5.41 Å². The Morgan fingerprint density at radius 2 is 1.43 bits per heavy atom. The molecule has 0 heterocycles. The van der Waals surface area contributed by atoms with Crippen molar-refractivity contribution in [3.8, 4) is 6.07 Å². The molecule has 3 rings (SSSR count). The highest BCUT2D eigenvalue weighted by Gasteiger charge is 2.45. The third kappa shape index (κ3) is 2.34. The van der Waals surface area contributed by atoms with Crippen molar-refractivity contribution in [3.63, 3.8) is 0 Å². The van der Waals surface area contributed by atoms with Gasteiger partial charge in [0.25, 0.3) is 0 Å². The van der Waals surface area contributed by atoms with Crippen LogP contribution in [0, 0.1) is 17.2 Å². The first kappa shape index (κ1) is 13.9. The Morgan fingerprint density at radius 3 is 1.81 bits per heavy atom. The quantitative estimate of drug-likeness (QED) is 0.930. The highest BCUT2D eigenvalue weighted by Crippen LogP contribution is 2.46. The molecule has 1 fully saturated rings. The number of benzene rings is 2. The second kappa shape index (κ2) is 5.71. The summed E-state index contributed by atoms with van der Waals surface area (Å²) in [6.45, 7) is 0. The van der Waals surface area contributed by atoms with E-state index in [1.54, 1.807) is 0 Å². The van der Waals surface area contributed by atoms with Crippen LogP contribution in [0.15, 0.2) is 60.7 Å². The van der Waals surface area contributed by atoms with E-state index >= 15 is 0 Å². The molecule has 2 atom stereocenters. The highest BCUT2D eigenvalue weighted by molar-refractivity contribution is 5.47. The Kier molecular flexibility index (Phi) is 3.77. The van der Waals surface area contributed by atoms with Crippen LogP contribution in [0.4, 0.5) is 0 Å². The van der Waals surface area contributed by atoms with Crippen LogP contribution >= 0.6 is 0 Å². The molecule has 2 nitrogen and oxygen atoms in total. The van der Waals surface area contributed by atoms with Crippen molar-refractivity contribution in [2.75, 3.05) is 0 Å². The summed E-state index contributed by atoms with van der Waals surface area (Å²) in [6, 6.07) is 22.6. The van der Waals surface area contributed by atoms with Crippen LogP contribution in [0.3, 0.4) is 0 Å². The molecule has 0 aliphatic heterocycles. The molecule has 0 bridgehead atoms.